The molecule has 1 aliphatic rings. The van der Waals surface area contributed by atoms with E-state index in [9.17, 15) is 0 Å². The fraction of sp³-hybridized carbons (Fsp3) is 0.500. The lowest BCUT2D eigenvalue weighted by Crippen LogP contribution is -2.44. The van der Waals surface area contributed by atoms with Crippen LogP contribution in [0.4, 0.5) is 0 Å². The maximum atomic E-state index is 5.97. The first-order valence-corrected chi connectivity index (χ1v) is 8.09. The monoisotopic (exact) mass is 336 g/mol. The summed E-state index contributed by atoms with van der Waals surface area (Å²) in [7, 11) is 2.07. The van der Waals surface area contributed by atoms with E-state index >= 15 is 0 Å². The van der Waals surface area contributed by atoms with Crippen LogP contribution in [0.15, 0.2) is 22.7 Å². The van der Waals surface area contributed by atoms with Gasteiger partial charge in [0.25, 0.3) is 5.89 Å². The minimum Gasteiger partial charge on any atom is -0.481 e. The third-order valence-corrected chi connectivity index (χ3v) is 4.29. The molecule has 0 spiro atoms. The molecule has 1 N–H and O–H groups in total. The quantitative estimate of drug-likeness (QED) is 0.926. The summed E-state index contributed by atoms with van der Waals surface area (Å²) in [6.45, 7) is 6.61. The van der Waals surface area contributed by atoms with Crippen LogP contribution in [0.25, 0.3) is 0 Å². The first-order valence-electron chi connectivity index (χ1n) is 7.72. The average molecular weight is 337 g/mol. The van der Waals surface area contributed by atoms with Crippen molar-refractivity contribution in [3.63, 3.8) is 0 Å². The molecule has 0 radical (unpaired) electrons. The molecule has 0 aliphatic carbocycles. The number of likely N-dealkylation sites (N-methyl/N-ethyl adjacent to an activating group) is 1. The largest absolute Gasteiger partial charge is 0.481 e. The van der Waals surface area contributed by atoms with Gasteiger partial charge in [-0.25, -0.2) is 0 Å². The summed E-state index contributed by atoms with van der Waals surface area (Å²) in [6.07, 6.45) is -0.321. The molecule has 124 valence electrons. The Hall–Kier alpha value is -1.63. The highest BCUT2D eigenvalue weighted by Crippen LogP contribution is 2.27. The molecule has 2 atom stereocenters. The molecule has 7 heteroatoms. The second-order valence-electron chi connectivity index (χ2n) is 5.86. The topological polar surface area (TPSA) is 63.4 Å². The summed E-state index contributed by atoms with van der Waals surface area (Å²) in [4.78, 5) is 6.74. The van der Waals surface area contributed by atoms with E-state index in [2.05, 4.69) is 27.4 Å². The molecule has 2 aromatic rings. The number of aryl methyl sites for hydroxylation is 1. The van der Waals surface area contributed by atoms with Gasteiger partial charge in [0.1, 0.15) is 5.75 Å². The molecule has 2 unspecified atom stereocenters. The molecule has 0 bridgehead atoms. The molecule has 3 rings (SSSR count). The van der Waals surface area contributed by atoms with E-state index < -0.39 is 0 Å². The fourth-order valence-electron chi connectivity index (χ4n) is 2.63. The van der Waals surface area contributed by atoms with Crippen molar-refractivity contribution in [1.82, 2.24) is 20.4 Å². The maximum absolute atomic E-state index is 5.97. The molecule has 0 saturated carbocycles. The second-order valence-corrected chi connectivity index (χ2v) is 6.30. The Morgan fingerprint density at radius 1 is 1.48 bits per heavy atom. The molecule has 1 aromatic heterocycles. The summed E-state index contributed by atoms with van der Waals surface area (Å²) >= 11 is 5.97. The van der Waals surface area contributed by atoms with Crippen molar-refractivity contribution in [2.45, 2.75) is 26.0 Å². The van der Waals surface area contributed by atoms with Gasteiger partial charge in [-0.1, -0.05) is 16.8 Å². The first kappa shape index (κ1) is 16.2. The highest BCUT2D eigenvalue weighted by atomic mass is 35.5. The van der Waals surface area contributed by atoms with Crippen molar-refractivity contribution in [3.05, 3.63) is 40.5 Å². The minimum absolute atomic E-state index is 0.130. The van der Waals surface area contributed by atoms with Crippen LogP contribution in [0.3, 0.4) is 0 Å². The molecule has 1 aliphatic heterocycles. The number of ether oxygens (including phenoxy) is 1. The van der Waals surface area contributed by atoms with Crippen molar-refractivity contribution in [3.8, 4) is 5.75 Å². The molecular formula is C16H21ClN4O2. The Bertz CT molecular complexity index is 676. The average Bonchev–Trinajstić information content (AvgIpc) is 3.00. The van der Waals surface area contributed by atoms with Gasteiger partial charge in [-0.05, 0) is 44.7 Å². The molecule has 6 nitrogen and oxygen atoms in total. The maximum Gasteiger partial charge on any atom is 0.267 e. The predicted molar refractivity (Wildman–Crippen MR) is 87.8 cm³/mol. The van der Waals surface area contributed by atoms with Gasteiger partial charge in [0.2, 0.25) is 0 Å². The zero-order chi connectivity index (χ0) is 16.4. The Labute approximate surface area is 140 Å². The molecule has 23 heavy (non-hydrogen) atoms. The van der Waals surface area contributed by atoms with Gasteiger partial charge in [-0.2, -0.15) is 4.98 Å². The molecule has 1 aromatic carbocycles. The number of benzene rings is 1. The lowest BCUT2D eigenvalue weighted by Gasteiger charge is -2.30. The van der Waals surface area contributed by atoms with Crippen LogP contribution < -0.4 is 10.1 Å². The molecule has 1 fully saturated rings. The first-order chi connectivity index (χ1) is 11.0. The number of aromatic nitrogens is 2. The van der Waals surface area contributed by atoms with Crippen LogP contribution in [0, 0.1) is 6.92 Å². The van der Waals surface area contributed by atoms with Crippen LogP contribution in [-0.4, -0.2) is 41.7 Å². The standard InChI is InChI=1S/C16H21ClN4O2/c1-10-8-12(17)4-5-14(10)22-11(2)16-19-15(20-23-16)13-9-18-6-7-21(13)3/h4-5,8,11,13,18H,6-7,9H2,1-3H3. The number of nitrogens with zero attached hydrogens (tertiary/aromatic N) is 3. The highest BCUT2D eigenvalue weighted by molar-refractivity contribution is 6.30. The zero-order valence-electron chi connectivity index (χ0n) is 13.5. The molecule has 1 saturated heterocycles. The summed E-state index contributed by atoms with van der Waals surface area (Å²) < 4.78 is 11.3. The van der Waals surface area contributed by atoms with Gasteiger partial charge < -0.3 is 14.6 Å². The van der Waals surface area contributed by atoms with E-state index in [1.807, 2.05) is 26.0 Å². The Kier molecular flexibility index (Phi) is 4.84. The van der Waals surface area contributed by atoms with Gasteiger partial charge in [0, 0.05) is 24.7 Å². The van der Waals surface area contributed by atoms with Crippen molar-refractivity contribution >= 4 is 11.6 Å². The fourth-order valence-corrected chi connectivity index (χ4v) is 2.85. The number of piperazine rings is 1. The van der Waals surface area contributed by atoms with E-state index in [-0.39, 0.29) is 12.1 Å². The van der Waals surface area contributed by atoms with E-state index in [4.69, 9.17) is 20.9 Å². The van der Waals surface area contributed by atoms with E-state index in [0.29, 0.717) is 16.7 Å². The van der Waals surface area contributed by atoms with Gasteiger partial charge in [0.15, 0.2) is 11.9 Å². The van der Waals surface area contributed by atoms with E-state index in [0.717, 1.165) is 30.9 Å². The Morgan fingerprint density at radius 3 is 3.04 bits per heavy atom. The van der Waals surface area contributed by atoms with Crippen molar-refractivity contribution in [2.24, 2.45) is 0 Å². The number of halogens is 1. The predicted octanol–water partition coefficient (Wildman–Crippen LogP) is 2.75. The number of hydrogen-bond donors (Lipinski definition) is 1. The van der Waals surface area contributed by atoms with Gasteiger partial charge in [0.05, 0.1) is 6.04 Å². The SMILES string of the molecule is Cc1cc(Cl)ccc1OC(C)c1nc(C2CNCCN2C)no1. The van der Waals surface area contributed by atoms with Gasteiger partial charge in [-0.3, -0.25) is 4.90 Å². The van der Waals surface area contributed by atoms with Crippen LogP contribution in [0.5, 0.6) is 5.75 Å². The second kappa shape index (κ2) is 6.86. The lowest BCUT2D eigenvalue weighted by molar-refractivity contribution is 0.172. The third kappa shape index (κ3) is 3.65. The van der Waals surface area contributed by atoms with E-state index in [1.165, 1.54) is 0 Å². The molecule has 2 heterocycles. The smallest absolute Gasteiger partial charge is 0.267 e. The number of hydrogen-bond acceptors (Lipinski definition) is 6. The summed E-state index contributed by atoms with van der Waals surface area (Å²) in [5, 5.41) is 8.16. The summed E-state index contributed by atoms with van der Waals surface area (Å²) in [5.41, 5.74) is 0.973. The lowest BCUT2D eigenvalue weighted by atomic mass is 10.2. The van der Waals surface area contributed by atoms with Crippen LogP contribution in [0.2, 0.25) is 5.02 Å². The van der Waals surface area contributed by atoms with Crippen molar-refractivity contribution in [2.75, 3.05) is 26.7 Å². The van der Waals surface area contributed by atoms with Crippen molar-refractivity contribution < 1.29 is 9.26 Å². The summed E-state index contributed by atoms with van der Waals surface area (Å²) in [5.74, 6) is 1.93. The number of nitrogens with one attached hydrogen (secondary N) is 1. The highest BCUT2D eigenvalue weighted by Gasteiger charge is 2.26. The Balaban J connectivity index is 1.71. The molecule has 0 amide bonds. The Morgan fingerprint density at radius 2 is 2.30 bits per heavy atom. The van der Waals surface area contributed by atoms with Crippen LogP contribution in [-0.2, 0) is 0 Å². The van der Waals surface area contributed by atoms with Crippen LogP contribution in [0.1, 0.15) is 36.3 Å². The van der Waals surface area contributed by atoms with Crippen molar-refractivity contribution in [1.29, 1.82) is 0 Å². The number of rotatable bonds is 4. The van der Waals surface area contributed by atoms with Gasteiger partial charge in [-0.15, -0.1) is 0 Å². The minimum atomic E-state index is -0.321. The van der Waals surface area contributed by atoms with Crippen LogP contribution >= 0.6 is 11.6 Å². The van der Waals surface area contributed by atoms with E-state index in [1.54, 1.807) is 6.07 Å². The molecular weight excluding hydrogens is 316 g/mol. The zero-order valence-corrected chi connectivity index (χ0v) is 14.3. The van der Waals surface area contributed by atoms with Gasteiger partial charge >= 0.3 is 0 Å². The normalized spacial score (nSPS) is 20.4. The summed E-state index contributed by atoms with van der Waals surface area (Å²) in [6, 6.07) is 5.65. The third-order valence-electron chi connectivity index (χ3n) is 4.06.